The minimum Gasteiger partial charge on any atom is -0.359 e. The Hall–Kier alpha value is -2.96. The zero-order chi connectivity index (χ0) is 19.7. The van der Waals surface area contributed by atoms with Gasteiger partial charge < -0.3 is 15.5 Å². The first kappa shape index (κ1) is 18.8. The highest BCUT2D eigenvalue weighted by Crippen LogP contribution is 2.26. The van der Waals surface area contributed by atoms with Crippen molar-refractivity contribution >= 4 is 28.6 Å². The van der Waals surface area contributed by atoms with Gasteiger partial charge in [-0.2, -0.15) is 0 Å². The van der Waals surface area contributed by atoms with Crippen molar-refractivity contribution in [1.82, 2.24) is 20.5 Å². The second-order valence-corrected chi connectivity index (χ2v) is 6.90. The largest absolute Gasteiger partial charge is 0.359 e. The maximum Gasteiger partial charge on any atom is 0.255 e. The van der Waals surface area contributed by atoms with Crippen LogP contribution in [-0.4, -0.2) is 53.8 Å². The molecule has 0 unspecified atom stereocenters. The van der Waals surface area contributed by atoms with E-state index in [0.29, 0.717) is 18.7 Å². The summed E-state index contributed by atoms with van der Waals surface area (Å²) in [5.41, 5.74) is 4.18. The molecular weight excluding hydrogens is 344 g/mol. The summed E-state index contributed by atoms with van der Waals surface area (Å²) in [4.78, 5) is 43.6. The van der Waals surface area contributed by atoms with Crippen molar-refractivity contribution < 1.29 is 14.4 Å². The highest BCUT2D eigenvalue weighted by molar-refractivity contribution is 6.08. The van der Waals surface area contributed by atoms with Crippen LogP contribution in [0, 0.1) is 20.8 Å². The number of nitrogens with one attached hydrogen (secondary N) is 2. The van der Waals surface area contributed by atoms with Crippen molar-refractivity contribution in [3.05, 3.63) is 40.6 Å². The molecule has 1 aromatic carbocycles. The topological polar surface area (TPSA) is 91.4 Å². The van der Waals surface area contributed by atoms with E-state index < -0.39 is 6.04 Å². The molecule has 1 atom stereocenters. The van der Waals surface area contributed by atoms with Crippen LogP contribution in [0.2, 0.25) is 0 Å². The van der Waals surface area contributed by atoms with Gasteiger partial charge in [0, 0.05) is 31.2 Å². The van der Waals surface area contributed by atoms with Gasteiger partial charge in [-0.05, 0) is 38.0 Å². The van der Waals surface area contributed by atoms with E-state index in [1.165, 1.54) is 11.9 Å². The number of nitrogens with zero attached hydrogens (tertiary/aromatic N) is 2. The lowest BCUT2D eigenvalue weighted by Crippen LogP contribution is -2.58. The number of aromatic nitrogens is 1. The number of hydrogen-bond acceptors (Lipinski definition) is 4. The van der Waals surface area contributed by atoms with Gasteiger partial charge in [-0.15, -0.1) is 0 Å². The van der Waals surface area contributed by atoms with Gasteiger partial charge >= 0.3 is 0 Å². The van der Waals surface area contributed by atoms with Crippen molar-refractivity contribution in [3.63, 3.8) is 0 Å². The Morgan fingerprint density at radius 1 is 1.30 bits per heavy atom. The van der Waals surface area contributed by atoms with Crippen LogP contribution in [0.4, 0.5) is 0 Å². The molecule has 0 aliphatic carbocycles. The van der Waals surface area contributed by atoms with Crippen LogP contribution in [0.25, 0.3) is 10.9 Å². The molecule has 142 valence electrons. The second kappa shape index (κ2) is 7.34. The predicted molar refractivity (Wildman–Crippen MR) is 102 cm³/mol. The van der Waals surface area contributed by atoms with Crippen LogP contribution in [-0.2, 0) is 9.59 Å². The summed E-state index contributed by atoms with van der Waals surface area (Å²) in [5, 5.41) is 6.02. The van der Waals surface area contributed by atoms with Crippen molar-refractivity contribution in [2.75, 3.05) is 20.1 Å². The van der Waals surface area contributed by atoms with E-state index in [2.05, 4.69) is 15.6 Å². The van der Waals surface area contributed by atoms with E-state index in [0.717, 1.165) is 27.7 Å². The molecule has 7 nitrogen and oxygen atoms in total. The first-order valence-corrected chi connectivity index (χ1v) is 9.00. The van der Waals surface area contributed by atoms with Gasteiger partial charge in [-0.1, -0.05) is 12.1 Å². The molecule has 0 saturated carbocycles. The molecule has 2 heterocycles. The van der Waals surface area contributed by atoms with Gasteiger partial charge in [0.2, 0.25) is 11.8 Å². The first-order chi connectivity index (χ1) is 12.8. The van der Waals surface area contributed by atoms with Crippen LogP contribution in [0.15, 0.2) is 18.2 Å². The summed E-state index contributed by atoms with van der Waals surface area (Å²) in [7, 11) is 1.51. The standard InChI is InChI=1S/C20H24N4O3/c1-11-5-6-14-15(9-12(2)23-18(14)13(11)3)20(27)24-8-7-22-19(26)16(24)10-17(25)21-4/h5-6,9,16H,7-8,10H2,1-4H3,(H,21,25)(H,22,26)/t16-/m0/s1. The first-order valence-electron chi connectivity index (χ1n) is 9.00. The van der Waals surface area contributed by atoms with E-state index in [1.54, 1.807) is 6.07 Å². The fraction of sp³-hybridized carbons (Fsp3) is 0.400. The van der Waals surface area contributed by atoms with Crippen LogP contribution in [0.3, 0.4) is 0 Å². The molecule has 1 aliphatic heterocycles. The summed E-state index contributed by atoms with van der Waals surface area (Å²) >= 11 is 0. The van der Waals surface area contributed by atoms with Crippen molar-refractivity contribution in [2.45, 2.75) is 33.2 Å². The van der Waals surface area contributed by atoms with Crippen molar-refractivity contribution in [1.29, 1.82) is 0 Å². The molecule has 1 aliphatic rings. The molecular formula is C20H24N4O3. The molecule has 1 saturated heterocycles. The van der Waals surface area contributed by atoms with E-state index in [4.69, 9.17) is 0 Å². The maximum absolute atomic E-state index is 13.4. The molecule has 7 heteroatoms. The van der Waals surface area contributed by atoms with Crippen molar-refractivity contribution in [2.24, 2.45) is 0 Å². The molecule has 3 rings (SSSR count). The molecule has 27 heavy (non-hydrogen) atoms. The third kappa shape index (κ3) is 3.49. The Morgan fingerprint density at radius 2 is 2.04 bits per heavy atom. The number of aryl methyl sites for hydroxylation is 3. The highest BCUT2D eigenvalue weighted by Gasteiger charge is 2.35. The number of hydrogen-bond donors (Lipinski definition) is 2. The second-order valence-electron chi connectivity index (χ2n) is 6.90. The summed E-state index contributed by atoms with van der Waals surface area (Å²) in [6.07, 6.45) is -0.0613. The fourth-order valence-electron chi connectivity index (χ4n) is 3.43. The lowest BCUT2D eigenvalue weighted by atomic mass is 9.99. The summed E-state index contributed by atoms with van der Waals surface area (Å²) in [5.74, 6) is -0.838. The molecule has 1 aromatic heterocycles. The molecule has 2 aromatic rings. The van der Waals surface area contributed by atoms with Gasteiger partial charge in [0.15, 0.2) is 0 Å². The molecule has 0 spiro atoms. The number of benzene rings is 1. The summed E-state index contributed by atoms with van der Waals surface area (Å²) in [6, 6.07) is 4.80. The zero-order valence-electron chi connectivity index (χ0n) is 16.0. The van der Waals surface area contributed by atoms with E-state index >= 15 is 0 Å². The monoisotopic (exact) mass is 368 g/mol. The lowest BCUT2D eigenvalue weighted by molar-refractivity contribution is -0.132. The minimum atomic E-state index is -0.818. The SMILES string of the molecule is CNC(=O)C[C@H]1C(=O)NCCN1C(=O)c1cc(C)nc2c(C)c(C)ccc12. The third-order valence-electron chi connectivity index (χ3n) is 5.11. The van der Waals surface area contributed by atoms with Crippen molar-refractivity contribution in [3.8, 4) is 0 Å². The van der Waals surface area contributed by atoms with E-state index in [-0.39, 0.29) is 24.1 Å². The van der Waals surface area contributed by atoms with Crippen LogP contribution < -0.4 is 10.6 Å². The van der Waals surface area contributed by atoms with Gasteiger partial charge in [-0.25, -0.2) is 0 Å². The predicted octanol–water partition coefficient (Wildman–Crippen LogP) is 1.24. The average Bonchev–Trinajstić information content (AvgIpc) is 2.65. The molecule has 1 fully saturated rings. The average molecular weight is 368 g/mol. The number of rotatable bonds is 3. The smallest absolute Gasteiger partial charge is 0.255 e. The number of fused-ring (bicyclic) bond motifs is 1. The molecule has 0 radical (unpaired) electrons. The zero-order valence-corrected chi connectivity index (χ0v) is 16.0. The fourth-order valence-corrected chi connectivity index (χ4v) is 3.43. The molecule has 0 bridgehead atoms. The van der Waals surface area contributed by atoms with E-state index in [1.807, 2.05) is 32.9 Å². The van der Waals surface area contributed by atoms with E-state index in [9.17, 15) is 14.4 Å². The summed E-state index contributed by atoms with van der Waals surface area (Å²) < 4.78 is 0. The van der Waals surface area contributed by atoms with Crippen LogP contribution in [0.1, 0.15) is 33.6 Å². The Kier molecular flexibility index (Phi) is 5.12. The van der Waals surface area contributed by atoms with Gasteiger partial charge in [0.05, 0.1) is 17.5 Å². The number of pyridine rings is 1. The molecule has 3 amide bonds. The Morgan fingerprint density at radius 3 is 2.74 bits per heavy atom. The maximum atomic E-state index is 13.4. The summed E-state index contributed by atoms with van der Waals surface area (Å²) in [6.45, 7) is 6.58. The highest BCUT2D eigenvalue weighted by atomic mass is 16.2. The van der Waals surface area contributed by atoms with Gasteiger partial charge in [0.25, 0.3) is 5.91 Å². The van der Waals surface area contributed by atoms with Gasteiger partial charge in [0.1, 0.15) is 6.04 Å². The number of carbonyl (C=O) groups excluding carboxylic acids is 3. The minimum absolute atomic E-state index is 0.0613. The van der Waals surface area contributed by atoms with Gasteiger partial charge in [-0.3, -0.25) is 19.4 Å². The normalized spacial score (nSPS) is 17.0. The Balaban J connectivity index is 2.07. The Bertz CT molecular complexity index is 938. The van der Waals surface area contributed by atoms with Crippen LogP contribution >= 0.6 is 0 Å². The lowest BCUT2D eigenvalue weighted by Gasteiger charge is -2.35. The van der Waals surface area contributed by atoms with Crippen LogP contribution in [0.5, 0.6) is 0 Å². The number of piperazine rings is 1. The quantitative estimate of drug-likeness (QED) is 0.853. The molecule has 2 N–H and O–H groups in total. The third-order valence-corrected chi connectivity index (χ3v) is 5.11. The number of amides is 3. The Labute approximate surface area is 158 Å². The number of carbonyl (C=O) groups is 3.